The summed E-state index contributed by atoms with van der Waals surface area (Å²) in [5, 5.41) is 4.90. The van der Waals surface area contributed by atoms with Crippen LogP contribution in [0.1, 0.15) is 30.4 Å². The highest BCUT2D eigenvalue weighted by molar-refractivity contribution is 5.88. The third kappa shape index (κ3) is 1.33. The van der Waals surface area contributed by atoms with Crippen molar-refractivity contribution in [3.05, 3.63) is 35.5 Å². The number of hydrogen-bond acceptors (Lipinski definition) is 1. The molecule has 0 bridgehead atoms. The van der Waals surface area contributed by atoms with Crippen molar-refractivity contribution in [2.75, 3.05) is 13.6 Å². The molecule has 1 N–H and O–H groups in total. The topological polar surface area (TPSA) is 17.0 Å². The minimum atomic E-state index is 0.432. The van der Waals surface area contributed by atoms with Gasteiger partial charge >= 0.3 is 0 Å². The fraction of sp³-hybridized carbons (Fsp3) is 0.500. The SMILES string of the molecule is CNCC1(c2cn3c4c(cccc24)CCC3)CC1. The Labute approximate surface area is 108 Å². The maximum atomic E-state index is 3.38. The fourth-order valence-corrected chi connectivity index (χ4v) is 3.71. The van der Waals surface area contributed by atoms with Crippen LogP contribution in [0.5, 0.6) is 0 Å². The summed E-state index contributed by atoms with van der Waals surface area (Å²) in [5.41, 5.74) is 5.09. The summed E-state index contributed by atoms with van der Waals surface area (Å²) in [7, 11) is 2.07. The van der Waals surface area contributed by atoms with Crippen LogP contribution in [0.2, 0.25) is 0 Å². The average Bonchev–Trinajstić information content (AvgIpc) is 3.07. The molecule has 0 amide bonds. The zero-order valence-corrected chi connectivity index (χ0v) is 11.0. The predicted molar refractivity (Wildman–Crippen MR) is 75.1 cm³/mol. The second-order valence-corrected chi connectivity index (χ2v) is 5.96. The Morgan fingerprint density at radius 1 is 1.33 bits per heavy atom. The molecular weight excluding hydrogens is 220 g/mol. The molecule has 0 unspecified atom stereocenters. The lowest BCUT2D eigenvalue weighted by Gasteiger charge is -2.15. The number of likely N-dealkylation sites (N-methyl/N-ethyl adjacent to an activating group) is 1. The van der Waals surface area contributed by atoms with Crippen molar-refractivity contribution in [3.63, 3.8) is 0 Å². The lowest BCUT2D eigenvalue weighted by atomic mass is 9.94. The standard InChI is InChI=1S/C16H20N2/c1-17-11-16(7-8-16)14-10-18-9-3-5-12-4-2-6-13(14)15(12)18/h2,4,6,10,17H,3,5,7-9,11H2,1H3. The molecule has 2 aliphatic rings. The molecule has 1 fully saturated rings. The van der Waals surface area contributed by atoms with E-state index in [4.69, 9.17) is 0 Å². The Balaban J connectivity index is 1.95. The molecule has 1 aliphatic carbocycles. The second kappa shape index (κ2) is 3.61. The van der Waals surface area contributed by atoms with Crippen molar-refractivity contribution in [1.29, 1.82) is 0 Å². The van der Waals surface area contributed by atoms with Gasteiger partial charge in [-0.2, -0.15) is 0 Å². The van der Waals surface area contributed by atoms with Gasteiger partial charge in [0.25, 0.3) is 0 Å². The smallest absolute Gasteiger partial charge is 0.0515 e. The van der Waals surface area contributed by atoms with Gasteiger partial charge in [-0.15, -0.1) is 0 Å². The zero-order valence-electron chi connectivity index (χ0n) is 11.0. The number of rotatable bonds is 3. The van der Waals surface area contributed by atoms with Crippen LogP contribution in [0.25, 0.3) is 10.9 Å². The van der Waals surface area contributed by atoms with Crippen molar-refractivity contribution in [3.8, 4) is 0 Å². The first-order valence-electron chi connectivity index (χ1n) is 7.10. The van der Waals surface area contributed by atoms with Gasteiger partial charge in [0.15, 0.2) is 0 Å². The van der Waals surface area contributed by atoms with Crippen molar-refractivity contribution in [2.24, 2.45) is 0 Å². The summed E-state index contributed by atoms with van der Waals surface area (Å²) < 4.78 is 2.50. The highest BCUT2D eigenvalue weighted by Gasteiger charge is 2.45. The van der Waals surface area contributed by atoms with E-state index >= 15 is 0 Å². The highest BCUT2D eigenvalue weighted by atomic mass is 15.0. The van der Waals surface area contributed by atoms with Crippen LogP contribution >= 0.6 is 0 Å². The van der Waals surface area contributed by atoms with E-state index < -0.39 is 0 Å². The fourth-order valence-electron chi connectivity index (χ4n) is 3.71. The molecule has 2 nitrogen and oxygen atoms in total. The molecule has 0 spiro atoms. The van der Waals surface area contributed by atoms with E-state index in [1.165, 1.54) is 43.1 Å². The van der Waals surface area contributed by atoms with Crippen LogP contribution < -0.4 is 5.32 Å². The average molecular weight is 240 g/mol. The maximum Gasteiger partial charge on any atom is 0.0515 e. The lowest BCUT2D eigenvalue weighted by molar-refractivity contribution is 0.610. The number of para-hydroxylation sites is 1. The van der Waals surface area contributed by atoms with Gasteiger partial charge in [0.05, 0.1) is 5.52 Å². The highest BCUT2D eigenvalue weighted by Crippen LogP contribution is 2.51. The Hall–Kier alpha value is -1.28. The summed E-state index contributed by atoms with van der Waals surface area (Å²) >= 11 is 0. The Morgan fingerprint density at radius 3 is 3.00 bits per heavy atom. The van der Waals surface area contributed by atoms with E-state index in [9.17, 15) is 0 Å². The Kier molecular flexibility index (Phi) is 2.13. The van der Waals surface area contributed by atoms with Gasteiger partial charge in [-0.25, -0.2) is 0 Å². The normalized spacial score (nSPS) is 20.3. The molecule has 1 aliphatic heterocycles. The van der Waals surface area contributed by atoms with Crippen molar-refractivity contribution < 1.29 is 0 Å². The van der Waals surface area contributed by atoms with Gasteiger partial charge in [-0.05, 0) is 43.9 Å². The Bertz CT molecular complexity index is 605. The largest absolute Gasteiger partial charge is 0.347 e. The quantitative estimate of drug-likeness (QED) is 0.873. The molecule has 1 aromatic carbocycles. The Morgan fingerprint density at radius 2 is 2.22 bits per heavy atom. The molecule has 2 aromatic rings. The maximum absolute atomic E-state index is 3.38. The number of nitrogens with zero attached hydrogens (tertiary/aromatic N) is 1. The zero-order chi connectivity index (χ0) is 12.2. The van der Waals surface area contributed by atoms with Crippen molar-refractivity contribution in [1.82, 2.24) is 9.88 Å². The molecule has 1 saturated carbocycles. The van der Waals surface area contributed by atoms with Crippen LogP contribution in [-0.4, -0.2) is 18.2 Å². The summed E-state index contributed by atoms with van der Waals surface area (Å²) in [6.45, 7) is 2.32. The van der Waals surface area contributed by atoms with E-state index in [1.807, 2.05) is 0 Å². The monoisotopic (exact) mass is 240 g/mol. The first kappa shape index (κ1) is 10.6. The molecular formula is C16H20N2. The minimum Gasteiger partial charge on any atom is -0.347 e. The molecule has 0 atom stereocenters. The van der Waals surface area contributed by atoms with Gasteiger partial charge in [-0.1, -0.05) is 18.2 Å². The van der Waals surface area contributed by atoms with Gasteiger partial charge in [0.1, 0.15) is 0 Å². The minimum absolute atomic E-state index is 0.432. The van der Waals surface area contributed by atoms with Gasteiger partial charge in [0, 0.05) is 30.1 Å². The predicted octanol–water partition coefficient (Wildman–Crippen LogP) is 2.84. The van der Waals surface area contributed by atoms with Gasteiger partial charge in [-0.3, -0.25) is 0 Å². The third-order valence-electron chi connectivity index (χ3n) is 4.77. The summed E-state index contributed by atoms with van der Waals surface area (Å²) in [5.74, 6) is 0. The van der Waals surface area contributed by atoms with Crippen LogP contribution in [0.3, 0.4) is 0 Å². The number of hydrogen-bond donors (Lipinski definition) is 1. The van der Waals surface area contributed by atoms with E-state index in [0.29, 0.717) is 5.41 Å². The van der Waals surface area contributed by atoms with E-state index in [0.717, 1.165) is 6.54 Å². The van der Waals surface area contributed by atoms with Crippen molar-refractivity contribution in [2.45, 2.75) is 37.6 Å². The summed E-state index contributed by atoms with van der Waals surface area (Å²) in [6.07, 6.45) is 7.67. The molecule has 94 valence electrons. The molecule has 2 heteroatoms. The third-order valence-corrected chi connectivity index (χ3v) is 4.77. The lowest BCUT2D eigenvalue weighted by Crippen LogP contribution is -2.23. The van der Waals surface area contributed by atoms with Crippen LogP contribution in [0.15, 0.2) is 24.4 Å². The molecule has 2 heterocycles. The van der Waals surface area contributed by atoms with E-state index in [2.05, 4.69) is 41.3 Å². The number of aromatic nitrogens is 1. The first-order chi connectivity index (χ1) is 8.84. The van der Waals surface area contributed by atoms with Gasteiger partial charge < -0.3 is 9.88 Å². The van der Waals surface area contributed by atoms with Gasteiger partial charge in [0.2, 0.25) is 0 Å². The van der Waals surface area contributed by atoms with E-state index in [1.54, 1.807) is 11.1 Å². The number of aryl methyl sites for hydroxylation is 2. The summed E-state index contributed by atoms with van der Waals surface area (Å²) in [6, 6.07) is 6.87. The first-order valence-corrected chi connectivity index (χ1v) is 7.10. The second-order valence-electron chi connectivity index (χ2n) is 5.96. The molecule has 18 heavy (non-hydrogen) atoms. The molecule has 1 aromatic heterocycles. The number of nitrogens with one attached hydrogen (secondary N) is 1. The molecule has 4 rings (SSSR count). The van der Waals surface area contributed by atoms with Crippen LogP contribution in [-0.2, 0) is 18.4 Å². The molecule has 0 saturated heterocycles. The van der Waals surface area contributed by atoms with E-state index in [-0.39, 0.29) is 0 Å². The van der Waals surface area contributed by atoms with Crippen LogP contribution in [0.4, 0.5) is 0 Å². The summed E-state index contributed by atoms with van der Waals surface area (Å²) in [4.78, 5) is 0. The van der Waals surface area contributed by atoms with Crippen molar-refractivity contribution >= 4 is 10.9 Å². The molecule has 0 radical (unpaired) electrons. The van der Waals surface area contributed by atoms with Crippen LogP contribution in [0, 0.1) is 0 Å². The number of benzene rings is 1.